The zero-order valence-corrected chi connectivity index (χ0v) is 16.0. The van der Waals surface area contributed by atoms with Crippen molar-refractivity contribution in [1.29, 1.82) is 0 Å². The van der Waals surface area contributed by atoms with Crippen LogP contribution in [0, 0.1) is 11.8 Å². The van der Waals surface area contributed by atoms with Crippen LogP contribution in [0.4, 0.5) is 0 Å². The van der Waals surface area contributed by atoms with Crippen LogP contribution < -0.4 is 0 Å². The number of rotatable bonds is 12. The van der Waals surface area contributed by atoms with Gasteiger partial charge in [-0.2, -0.15) is 0 Å². The summed E-state index contributed by atoms with van der Waals surface area (Å²) in [5, 5.41) is 28.7. The van der Waals surface area contributed by atoms with Crippen molar-refractivity contribution < 1.29 is 24.9 Å². The van der Waals surface area contributed by atoms with Gasteiger partial charge in [0.05, 0.1) is 12.2 Å². The lowest BCUT2D eigenvalue weighted by molar-refractivity contribution is -0.136. The quantitative estimate of drug-likeness (QED) is 0.453. The van der Waals surface area contributed by atoms with Crippen LogP contribution in [0.5, 0.6) is 0 Å². The fourth-order valence-corrected chi connectivity index (χ4v) is 3.10. The summed E-state index contributed by atoms with van der Waals surface area (Å²) in [6.45, 7) is 2.03. The Morgan fingerprint density at radius 1 is 1.19 bits per heavy atom. The van der Waals surface area contributed by atoms with Gasteiger partial charge in [0, 0.05) is 24.7 Å². The van der Waals surface area contributed by atoms with E-state index in [4.69, 9.17) is 5.11 Å². The smallest absolute Gasteiger partial charge is 0.303 e. The molecule has 0 aromatic heterocycles. The van der Waals surface area contributed by atoms with E-state index in [2.05, 4.69) is 0 Å². The third-order valence-corrected chi connectivity index (χ3v) is 4.59. The molecule has 150 valence electrons. The lowest BCUT2D eigenvalue weighted by atomic mass is 9.90. The number of aliphatic hydroxyl groups is 2. The van der Waals surface area contributed by atoms with Crippen LogP contribution in [0.25, 0.3) is 0 Å². The molecule has 0 radical (unpaired) electrons. The minimum Gasteiger partial charge on any atom is -0.481 e. The van der Waals surface area contributed by atoms with Crippen molar-refractivity contribution in [1.82, 2.24) is 0 Å². The van der Waals surface area contributed by atoms with Crippen molar-refractivity contribution in [3.05, 3.63) is 48.6 Å². The van der Waals surface area contributed by atoms with E-state index in [1.54, 1.807) is 12.2 Å². The molecule has 0 amide bonds. The van der Waals surface area contributed by atoms with Crippen LogP contribution >= 0.6 is 0 Å². The summed E-state index contributed by atoms with van der Waals surface area (Å²) in [7, 11) is 0. The number of carboxylic acid groups (broad SMARTS) is 1. The molecule has 1 aliphatic rings. The summed E-state index contributed by atoms with van der Waals surface area (Å²) in [5.41, 5.74) is 0. The molecule has 0 unspecified atom stereocenters. The predicted octanol–water partition coefficient (Wildman–Crippen LogP) is 3.58. The molecule has 1 saturated carbocycles. The molecule has 4 atom stereocenters. The van der Waals surface area contributed by atoms with Gasteiger partial charge in [0.25, 0.3) is 0 Å². The lowest BCUT2D eigenvalue weighted by Gasteiger charge is -2.16. The number of allylic oxidation sites excluding steroid dienone is 5. The molecule has 0 aromatic rings. The van der Waals surface area contributed by atoms with Gasteiger partial charge in [-0.3, -0.25) is 9.59 Å². The molecule has 0 saturated heterocycles. The molecular weight excluding hydrogens is 344 g/mol. The lowest BCUT2D eigenvalue weighted by Crippen LogP contribution is -2.18. The van der Waals surface area contributed by atoms with Crippen molar-refractivity contribution in [3.63, 3.8) is 0 Å². The van der Waals surface area contributed by atoms with Crippen LogP contribution in [0.15, 0.2) is 48.6 Å². The van der Waals surface area contributed by atoms with E-state index in [-0.39, 0.29) is 30.5 Å². The third-order valence-electron chi connectivity index (χ3n) is 4.59. The van der Waals surface area contributed by atoms with Crippen LogP contribution in [-0.4, -0.2) is 39.3 Å². The van der Waals surface area contributed by atoms with Gasteiger partial charge in [0.1, 0.15) is 5.78 Å². The fourth-order valence-electron chi connectivity index (χ4n) is 3.10. The summed E-state index contributed by atoms with van der Waals surface area (Å²) >= 11 is 0. The number of carbonyl (C=O) groups excluding carboxylic acids is 1. The minimum absolute atomic E-state index is 0.0548. The Morgan fingerprint density at radius 2 is 1.93 bits per heavy atom. The molecule has 5 nitrogen and oxygen atoms in total. The van der Waals surface area contributed by atoms with E-state index in [1.165, 1.54) is 0 Å². The topological polar surface area (TPSA) is 94.8 Å². The number of hydrogen-bond donors (Lipinski definition) is 3. The highest BCUT2D eigenvalue weighted by molar-refractivity contribution is 5.84. The summed E-state index contributed by atoms with van der Waals surface area (Å²) in [6, 6.07) is 0. The molecule has 5 heteroatoms. The predicted molar refractivity (Wildman–Crippen MR) is 106 cm³/mol. The van der Waals surface area contributed by atoms with Crippen molar-refractivity contribution in [2.24, 2.45) is 11.8 Å². The average Bonchev–Trinajstić information content (AvgIpc) is 2.88. The van der Waals surface area contributed by atoms with Gasteiger partial charge >= 0.3 is 5.97 Å². The number of Topliss-reactive ketones (excluding diaryl/α,β-unsaturated/α-hetero) is 1. The molecule has 0 aromatic carbocycles. The van der Waals surface area contributed by atoms with Crippen molar-refractivity contribution in [2.75, 3.05) is 0 Å². The first kappa shape index (κ1) is 23.1. The summed E-state index contributed by atoms with van der Waals surface area (Å²) in [6.07, 6.45) is 17.2. The Balaban J connectivity index is 2.48. The largest absolute Gasteiger partial charge is 0.481 e. The minimum atomic E-state index is -0.806. The van der Waals surface area contributed by atoms with E-state index in [9.17, 15) is 19.8 Å². The maximum absolute atomic E-state index is 12.1. The summed E-state index contributed by atoms with van der Waals surface area (Å²) in [5.74, 6) is -1.28. The van der Waals surface area contributed by atoms with Gasteiger partial charge in [-0.1, -0.05) is 55.5 Å². The molecule has 27 heavy (non-hydrogen) atoms. The molecule has 3 N–H and O–H groups in total. The second kappa shape index (κ2) is 13.2. The monoisotopic (exact) mass is 376 g/mol. The Morgan fingerprint density at radius 3 is 2.63 bits per heavy atom. The Hall–Kier alpha value is -1.98. The normalized spacial score (nSPS) is 24.9. The molecular formula is C22H32O5. The maximum Gasteiger partial charge on any atom is 0.303 e. The van der Waals surface area contributed by atoms with E-state index in [1.807, 2.05) is 43.4 Å². The first-order valence-corrected chi connectivity index (χ1v) is 9.69. The van der Waals surface area contributed by atoms with Crippen molar-refractivity contribution in [2.45, 2.75) is 64.1 Å². The number of aliphatic carboxylic acids is 1. The van der Waals surface area contributed by atoms with Crippen LogP contribution in [0.1, 0.15) is 51.9 Å². The molecule has 0 bridgehead atoms. The molecule has 1 rings (SSSR count). The van der Waals surface area contributed by atoms with Crippen molar-refractivity contribution >= 4 is 11.8 Å². The molecule has 0 spiro atoms. The molecule has 0 aliphatic heterocycles. The Kier molecular flexibility index (Phi) is 11.3. The van der Waals surface area contributed by atoms with Gasteiger partial charge < -0.3 is 15.3 Å². The molecule has 1 aliphatic carbocycles. The van der Waals surface area contributed by atoms with Gasteiger partial charge in [-0.05, 0) is 32.1 Å². The third kappa shape index (κ3) is 9.50. The zero-order chi connectivity index (χ0) is 20.1. The van der Waals surface area contributed by atoms with E-state index < -0.39 is 18.2 Å². The number of aliphatic hydroxyl groups excluding tert-OH is 2. The number of ketones is 1. The molecule has 0 heterocycles. The number of carboxylic acids is 1. The van der Waals surface area contributed by atoms with Gasteiger partial charge in [0.2, 0.25) is 0 Å². The van der Waals surface area contributed by atoms with E-state index >= 15 is 0 Å². The highest BCUT2D eigenvalue weighted by atomic mass is 16.4. The number of hydrogen-bond acceptors (Lipinski definition) is 4. The van der Waals surface area contributed by atoms with Gasteiger partial charge in [-0.25, -0.2) is 0 Å². The first-order valence-electron chi connectivity index (χ1n) is 9.69. The fraction of sp³-hybridized carbons (Fsp3) is 0.545. The first-order chi connectivity index (χ1) is 13.0. The molecule has 1 fully saturated rings. The summed E-state index contributed by atoms with van der Waals surface area (Å²) < 4.78 is 0. The highest BCUT2D eigenvalue weighted by Crippen LogP contribution is 2.33. The van der Waals surface area contributed by atoms with E-state index in [0.29, 0.717) is 25.7 Å². The standard InChI is InChI=1S/C22H32O5/c1-2-3-8-11-17(23)14-15-19-18(20(24)16-21(19)25)12-9-6-4-5-7-10-13-22(26)27/h3,5-9,14-15,17-19,21,23,25H,2,4,10-13,16H2,1H3,(H,26,27)/b7-5-,8-3-,9-6-,15-14+/t17-,18+,19+,21-/m1/s1. The van der Waals surface area contributed by atoms with Crippen LogP contribution in [0.3, 0.4) is 0 Å². The maximum atomic E-state index is 12.1. The summed E-state index contributed by atoms with van der Waals surface area (Å²) in [4.78, 5) is 22.6. The van der Waals surface area contributed by atoms with Crippen LogP contribution in [0.2, 0.25) is 0 Å². The second-order valence-electron chi connectivity index (χ2n) is 6.84. The van der Waals surface area contributed by atoms with Crippen molar-refractivity contribution in [3.8, 4) is 0 Å². The Labute approximate surface area is 161 Å². The number of carbonyl (C=O) groups is 2. The van der Waals surface area contributed by atoms with Crippen LogP contribution in [-0.2, 0) is 9.59 Å². The van der Waals surface area contributed by atoms with E-state index in [0.717, 1.165) is 6.42 Å². The Bertz CT molecular complexity index is 573. The van der Waals surface area contributed by atoms with Gasteiger partial charge in [-0.15, -0.1) is 0 Å². The SMILES string of the molecule is CC/C=C\C[C@@H](O)/C=C/[C@@H]1[C@H](O)CC(=O)[C@H]1C/C=C\C/C=C\CCC(=O)O. The van der Waals surface area contributed by atoms with Gasteiger partial charge in [0.15, 0.2) is 0 Å². The average molecular weight is 376 g/mol. The highest BCUT2D eigenvalue weighted by Gasteiger charge is 2.39. The second-order valence-corrected chi connectivity index (χ2v) is 6.84. The zero-order valence-electron chi connectivity index (χ0n) is 16.0.